The Morgan fingerprint density at radius 3 is 0.955 bits per heavy atom. The van der Waals surface area contributed by atoms with Gasteiger partial charge in [0, 0.05) is 12.8 Å². The van der Waals surface area contributed by atoms with E-state index in [2.05, 4.69) is 23.7 Å². The molecule has 0 N–H and O–H groups in total. The molecule has 388 valence electrons. The Labute approximate surface area is 388 Å². The molecule has 26 heteroatoms. The first-order chi connectivity index (χ1) is 29.5. The molecule has 0 radical (unpaired) electrons. The normalized spacial score (nSPS) is 12.2. The molecule has 0 aromatic heterocycles. The topological polar surface area (TPSA) is 300 Å². The van der Waals surface area contributed by atoms with Crippen LogP contribution in [0.2, 0.25) is 0 Å². The summed E-state index contributed by atoms with van der Waals surface area (Å²) in [6.07, 6.45) is -4.64. The van der Waals surface area contributed by atoms with E-state index in [9.17, 15) is 47.5 Å². The number of esters is 6. The Balaban J connectivity index is -0.000000565. The summed E-state index contributed by atoms with van der Waals surface area (Å²) in [7, 11) is -3.73. The highest BCUT2D eigenvalue weighted by Gasteiger charge is 2.37. The van der Waals surface area contributed by atoms with Crippen molar-refractivity contribution in [2.75, 3.05) is 67.9 Å². The maximum atomic E-state index is 13.3. The fourth-order valence-electron chi connectivity index (χ4n) is 4.03. The number of rotatable bonds is 26. The summed E-state index contributed by atoms with van der Waals surface area (Å²) in [5, 5.41) is 0. The molecular formula is C40H74O24P2. The average Bonchev–Trinajstić information content (AvgIpc) is 3.18. The van der Waals surface area contributed by atoms with Gasteiger partial charge in [0.2, 0.25) is 27.2 Å². The van der Waals surface area contributed by atoms with Crippen molar-refractivity contribution in [3.05, 3.63) is 0 Å². The molecular weight excluding hydrogens is 926 g/mol. The summed E-state index contributed by atoms with van der Waals surface area (Å²) in [5.74, 6) is -6.10. The highest BCUT2D eigenvalue weighted by molar-refractivity contribution is 7.54. The molecule has 66 heavy (non-hydrogen) atoms. The Hall–Kier alpha value is -4.34. The van der Waals surface area contributed by atoms with Crippen molar-refractivity contribution < 1.29 is 113 Å². The van der Waals surface area contributed by atoms with Gasteiger partial charge in [-0.05, 0) is 82.1 Å². The Morgan fingerprint density at radius 1 is 0.455 bits per heavy atom. The van der Waals surface area contributed by atoms with Crippen LogP contribution in [0.1, 0.15) is 110 Å². The lowest BCUT2D eigenvalue weighted by molar-refractivity contribution is -0.162. The van der Waals surface area contributed by atoms with E-state index in [0.29, 0.717) is 0 Å². The van der Waals surface area contributed by atoms with Gasteiger partial charge in [-0.2, -0.15) is 0 Å². The zero-order valence-electron chi connectivity index (χ0n) is 39.1. The van der Waals surface area contributed by atoms with Gasteiger partial charge in [0.1, 0.15) is 0 Å². The Morgan fingerprint density at radius 2 is 0.727 bits per heavy atom. The van der Waals surface area contributed by atoms with Crippen molar-refractivity contribution in [3.63, 3.8) is 0 Å². The first kappa shape index (κ1) is 68.2. The van der Waals surface area contributed by atoms with Crippen LogP contribution >= 0.6 is 15.2 Å². The number of carbonyl (C=O) groups is 8. The van der Waals surface area contributed by atoms with Gasteiger partial charge in [0.25, 0.3) is 0 Å². The zero-order valence-corrected chi connectivity index (χ0v) is 40.9. The number of methoxy groups -OCH3 is 4. The van der Waals surface area contributed by atoms with E-state index in [1.54, 1.807) is 69.2 Å². The molecule has 0 spiro atoms. The first-order valence-electron chi connectivity index (χ1n) is 19.5. The summed E-state index contributed by atoms with van der Waals surface area (Å²) in [5.41, 5.74) is -1.66. The second-order valence-corrected chi connectivity index (χ2v) is 19.9. The predicted octanol–water partition coefficient (Wildman–Crippen LogP) is 7.31. The smallest absolute Gasteiger partial charge is 0.469 e. The average molecular weight is 1000 g/mol. The predicted molar refractivity (Wildman–Crippen MR) is 232 cm³/mol. The molecule has 2 unspecified atom stereocenters. The molecule has 0 bridgehead atoms. The lowest BCUT2D eigenvalue weighted by Gasteiger charge is -2.24. The molecule has 0 saturated carbocycles. The molecule has 2 atom stereocenters. The molecule has 0 amide bonds. The molecule has 24 nitrogen and oxygen atoms in total. The van der Waals surface area contributed by atoms with Gasteiger partial charge < -0.3 is 47.4 Å². The summed E-state index contributed by atoms with van der Waals surface area (Å²) in [6, 6.07) is 0. The quantitative estimate of drug-likeness (QED) is 0.0355. The van der Waals surface area contributed by atoms with Crippen LogP contribution in [0.15, 0.2) is 0 Å². The lowest BCUT2D eigenvalue weighted by Crippen LogP contribution is -2.26. The number of hydrogen-bond acceptors (Lipinski definition) is 24. The van der Waals surface area contributed by atoms with E-state index in [1.807, 2.05) is 0 Å². The third-order valence-corrected chi connectivity index (χ3v) is 11.2. The Kier molecular flexibility index (Phi) is 35.2. The first-order valence-corrected chi connectivity index (χ1v) is 23.0. The van der Waals surface area contributed by atoms with Crippen molar-refractivity contribution in [3.8, 4) is 0 Å². The third-order valence-electron chi connectivity index (χ3n) is 7.43. The van der Waals surface area contributed by atoms with Gasteiger partial charge in [0.05, 0.1) is 75.6 Å². The van der Waals surface area contributed by atoms with Crippen molar-refractivity contribution >= 4 is 63.3 Å². The fraction of sp³-hybridized carbons (Fsp3) is 0.800. The van der Waals surface area contributed by atoms with Gasteiger partial charge in [-0.25, -0.2) is 9.59 Å². The largest absolute Gasteiger partial charge is 0.510 e. The second-order valence-electron chi connectivity index (χ2n) is 15.7. The van der Waals surface area contributed by atoms with Crippen LogP contribution in [0, 0.1) is 22.7 Å². The van der Waals surface area contributed by atoms with Gasteiger partial charge >= 0.3 is 63.3 Å². The third kappa shape index (κ3) is 32.4. The van der Waals surface area contributed by atoms with Crippen LogP contribution in [0.3, 0.4) is 0 Å². The fourth-order valence-corrected chi connectivity index (χ4v) is 7.20. The van der Waals surface area contributed by atoms with E-state index in [0.717, 1.165) is 14.2 Å². The highest BCUT2D eigenvalue weighted by atomic mass is 31.2. The van der Waals surface area contributed by atoms with Crippen molar-refractivity contribution in [1.29, 1.82) is 0 Å². The SMILES string of the molecule is C.C.COC(=O)CCC(CP(=O)(OCOC(=O)C(C)(C)C)OCOC(=O)C(C)(C)C)C(=O)OC.COC(=O)CCC(CP(=O)(OCOC(=O)OC(C)C)OCOC(=O)OC(C)C)C(=O)OC. The van der Waals surface area contributed by atoms with E-state index >= 15 is 0 Å². The molecule has 0 rings (SSSR count). The maximum Gasteiger partial charge on any atom is 0.510 e. The lowest BCUT2D eigenvalue weighted by atomic mass is 9.98. The van der Waals surface area contributed by atoms with E-state index in [-0.39, 0.29) is 40.5 Å². The number of carbonyl (C=O) groups excluding carboxylic acids is 8. The van der Waals surface area contributed by atoms with Crippen molar-refractivity contribution in [2.45, 2.75) is 122 Å². The van der Waals surface area contributed by atoms with Crippen LogP contribution < -0.4 is 0 Å². The van der Waals surface area contributed by atoms with Crippen LogP contribution in [0.4, 0.5) is 9.59 Å². The van der Waals surface area contributed by atoms with E-state index in [1.165, 1.54) is 14.2 Å². The molecule has 0 aliphatic carbocycles. The monoisotopic (exact) mass is 1000 g/mol. The van der Waals surface area contributed by atoms with Gasteiger partial charge in [-0.3, -0.25) is 56.0 Å². The molecule has 0 fully saturated rings. The minimum absolute atomic E-state index is 0. The van der Waals surface area contributed by atoms with Gasteiger partial charge in [-0.1, -0.05) is 14.9 Å². The molecule has 0 aliphatic rings. The summed E-state index contributed by atoms with van der Waals surface area (Å²) >= 11 is 0. The maximum absolute atomic E-state index is 13.3. The van der Waals surface area contributed by atoms with Gasteiger partial charge in [0.15, 0.2) is 0 Å². The standard InChI is InChI=1S/C20H35O11P.C18H31O13P.2CH4/c1-19(2,3)17(23)28-12-30-32(25,31-13-29-18(24)20(4,5)6)11-14(16(22)27-8)9-10-15(21)26-7;1-12(2)30-17(21)26-10-28-32(23,29-11-27-18(22)31-13(3)4)9-14(16(20)25-6)7-8-15(19)24-5;;/h14H,9-13H2,1-8H3;12-14H,7-11H2,1-6H3;2*1H4. The molecule has 0 aliphatic heterocycles. The summed E-state index contributed by atoms with van der Waals surface area (Å²) in [6.45, 7) is 13.0. The minimum Gasteiger partial charge on any atom is -0.469 e. The zero-order chi connectivity index (χ0) is 49.9. The van der Waals surface area contributed by atoms with Gasteiger partial charge in [-0.15, -0.1) is 0 Å². The second kappa shape index (κ2) is 34.0. The number of hydrogen-bond donors (Lipinski definition) is 0. The van der Waals surface area contributed by atoms with Crippen LogP contribution in [-0.4, -0.2) is 128 Å². The van der Waals surface area contributed by atoms with Crippen LogP contribution in [0.25, 0.3) is 0 Å². The molecule has 0 heterocycles. The molecule has 0 saturated heterocycles. The van der Waals surface area contributed by atoms with Crippen LogP contribution in [-0.2, 0) is 103 Å². The highest BCUT2D eigenvalue weighted by Crippen LogP contribution is 2.51. The van der Waals surface area contributed by atoms with Crippen molar-refractivity contribution in [2.24, 2.45) is 22.7 Å². The van der Waals surface area contributed by atoms with Crippen molar-refractivity contribution in [1.82, 2.24) is 0 Å². The molecule has 0 aromatic carbocycles. The van der Waals surface area contributed by atoms with E-state index < -0.39 is 138 Å². The number of ether oxygens (including phenoxy) is 10. The molecule has 0 aromatic rings. The summed E-state index contributed by atoms with van der Waals surface area (Å²) < 4.78 is 94.1. The van der Waals surface area contributed by atoms with E-state index in [4.69, 9.17) is 41.8 Å². The minimum atomic E-state index is -4.21. The van der Waals surface area contributed by atoms with Crippen LogP contribution in [0.5, 0.6) is 0 Å². The Bertz CT molecular complexity index is 1530. The summed E-state index contributed by atoms with van der Waals surface area (Å²) in [4.78, 5) is 93.9.